The maximum atomic E-state index is 13.8. The van der Waals surface area contributed by atoms with E-state index in [4.69, 9.17) is 0 Å². The second-order valence-corrected chi connectivity index (χ2v) is 7.64. The van der Waals surface area contributed by atoms with Crippen LogP contribution in [-0.2, 0) is 6.54 Å². The maximum Gasteiger partial charge on any atom is 0.223 e. The van der Waals surface area contributed by atoms with Crippen LogP contribution in [0.15, 0.2) is 42.9 Å². The van der Waals surface area contributed by atoms with Crippen molar-refractivity contribution in [1.29, 1.82) is 0 Å². The number of halogens is 1. The van der Waals surface area contributed by atoms with Gasteiger partial charge in [0.15, 0.2) is 0 Å². The summed E-state index contributed by atoms with van der Waals surface area (Å²) in [6.07, 6.45) is 7.36. The van der Waals surface area contributed by atoms with Gasteiger partial charge in [-0.2, -0.15) is 0 Å². The summed E-state index contributed by atoms with van der Waals surface area (Å²) in [5.74, 6) is 0.435. The topological polar surface area (TPSA) is 75.6 Å². The number of rotatable bonds is 4. The van der Waals surface area contributed by atoms with Crippen molar-refractivity contribution in [1.82, 2.24) is 25.3 Å². The molecule has 1 aromatic carbocycles. The van der Waals surface area contributed by atoms with Crippen LogP contribution in [0.3, 0.4) is 0 Å². The molecule has 1 aliphatic rings. The zero-order valence-corrected chi connectivity index (χ0v) is 16.2. The van der Waals surface area contributed by atoms with Crippen LogP contribution in [0, 0.1) is 0 Å². The fourth-order valence-electron chi connectivity index (χ4n) is 3.19. The van der Waals surface area contributed by atoms with E-state index >= 15 is 0 Å². The summed E-state index contributed by atoms with van der Waals surface area (Å²) in [7, 11) is 0. The molecule has 3 heterocycles. The Kier molecular flexibility index (Phi) is 4.77. The van der Waals surface area contributed by atoms with E-state index in [0.29, 0.717) is 12.5 Å². The van der Waals surface area contributed by atoms with Crippen molar-refractivity contribution in [2.24, 2.45) is 0 Å². The number of hydrogen-bond acceptors (Lipinski definition) is 6. The summed E-state index contributed by atoms with van der Waals surface area (Å²) in [6, 6.07) is 6.22. The Balaban J connectivity index is 1.73. The number of nitrogens with zero attached hydrogens (tertiary/aromatic N) is 4. The van der Waals surface area contributed by atoms with Gasteiger partial charge in [-0.25, -0.2) is 14.4 Å². The number of aromatic nitrogens is 4. The predicted molar refractivity (Wildman–Crippen MR) is 109 cm³/mol. The van der Waals surface area contributed by atoms with Gasteiger partial charge in [-0.3, -0.25) is 9.97 Å². The fourth-order valence-corrected chi connectivity index (χ4v) is 3.19. The Labute approximate surface area is 163 Å². The molecular formula is C21H23FN6. The molecule has 0 saturated heterocycles. The molecule has 0 amide bonds. The highest BCUT2D eigenvalue weighted by Crippen LogP contribution is 2.29. The molecule has 2 N–H and O–H groups in total. The average molecular weight is 378 g/mol. The molecule has 6 nitrogen and oxygen atoms in total. The lowest BCUT2D eigenvalue weighted by Gasteiger charge is -2.16. The molecular weight excluding hydrogens is 355 g/mol. The van der Waals surface area contributed by atoms with Crippen LogP contribution in [0.4, 0.5) is 10.3 Å². The number of alkyl halides is 1. The standard InChI is InChI=1S/C21H23FN6/c1-13-8-15(14-4-5-17-18(9-14)24-7-6-23-17)16-10-26-20(27-12-21(2,3)22)28-19(16)11-25-13/h4-10,13,25H,11-12H2,1-3H3,(H,26,27,28)/t13-/m1/s1. The molecule has 28 heavy (non-hydrogen) atoms. The van der Waals surface area contributed by atoms with Crippen molar-refractivity contribution in [3.63, 3.8) is 0 Å². The lowest BCUT2D eigenvalue weighted by atomic mass is 9.96. The van der Waals surface area contributed by atoms with Crippen LogP contribution in [0.1, 0.15) is 37.6 Å². The normalized spacial score (nSPS) is 17.0. The Morgan fingerprint density at radius 3 is 2.75 bits per heavy atom. The molecule has 0 fully saturated rings. The van der Waals surface area contributed by atoms with Crippen LogP contribution in [0.25, 0.3) is 16.6 Å². The average Bonchev–Trinajstić information content (AvgIpc) is 2.84. The van der Waals surface area contributed by atoms with Crippen molar-refractivity contribution in [2.75, 3.05) is 11.9 Å². The third-order valence-electron chi connectivity index (χ3n) is 4.61. The molecule has 0 aliphatic carbocycles. The second-order valence-electron chi connectivity index (χ2n) is 7.64. The Hall–Kier alpha value is -2.93. The van der Waals surface area contributed by atoms with Gasteiger partial charge in [-0.1, -0.05) is 12.1 Å². The van der Waals surface area contributed by atoms with Gasteiger partial charge < -0.3 is 10.6 Å². The van der Waals surface area contributed by atoms with Crippen LogP contribution in [0.2, 0.25) is 0 Å². The molecule has 1 aliphatic heterocycles. The van der Waals surface area contributed by atoms with Crippen molar-refractivity contribution in [2.45, 2.75) is 39.0 Å². The van der Waals surface area contributed by atoms with Gasteiger partial charge in [-0.05, 0) is 44.0 Å². The van der Waals surface area contributed by atoms with Crippen molar-refractivity contribution < 1.29 is 4.39 Å². The lowest BCUT2D eigenvalue weighted by molar-refractivity contribution is 0.234. The minimum Gasteiger partial charge on any atom is -0.351 e. The first-order valence-electron chi connectivity index (χ1n) is 9.34. The second kappa shape index (κ2) is 7.24. The molecule has 0 bridgehead atoms. The van der Waals surface area contributed by atoms with Gasteiger partial charge in [0.05, 0.1) is 23.3 Å². The molecule has 1 atom stereocenters. The van der Waals surface area contributed by atoms with Gasteiger partial charge >= 0.3 is 0 Å². The third kappa shape index (κ3) is 3.99. The van der Waals surface area contributed by atoms with Crippen LogP contribution < -0.4 is 10.6 Å². The van der Waals surface area contributed by atoms with Crippen molar-refractivity contribution in [3.8, 4) is 0 Å². The van der Waals surface area contributed by atoms with Gasteiger partial charge in [-0.15, -0.1) is 0 Å². The summed E-state index contributed by atoms with van der Waals surface area (Å²) < 4.78 is 13.8. The van der Waals surface area contributed by atoms with E-state index in [0.717, 1.165) is 33.4 Å². The van der Waals surface area contributed by atoms with E-state index in [1.807, 2.05) is 24.4 Å². The number of nitrogens with one attached hydrogen (secondary N) is 2. The number of anilines is 1. The van der Waals surface area contributed by atoms with Crippen LogP contribution >= 0.6 is 0 Å². The third-order valence-corrected chi connectivity index (χ3v) is 4.61. The summed E-state index contributed by atoms with van der Waals surface area (Å²) in [4.78, 5) is 17.8. The number of hydrogen-bond donors (Lipinski definition) is 2. The zero-order chi connectivity index (χ0) is 19.7. The number of fused-ring (bicyclic) bond motifs is 2. The summed E-state index contributed by atoms with van der Waals surface area (Å²) in [5, 5.41) is 6.42. The summed E-state index contributed by atoms with van der Waals surface area (Å²) in [6.45, 7) is 5.92. The summed E-state index contributed by atoms with van der Waals surface area (Å²) >= 11 is 0. The van der Waals surface area contributed by atoms with Crippen LogP contribution in [-0.4, -0.2) is 38.2 Å². The molecule has 0 saturated carbocycles. The van der Waals surface area contributed by atoms with E-state index in [1.54, 1.807) is 12.4 Å². The van der Waals surface area contributed by atoms with E-state index in [9.17, 15) is 4.39 Å². The minimum atomic E-state index is -1.33. The first-order chi connectivity index (χ1) is 13.4. The Morgan fingerprint density at radius 2 is 1.96 bits per heavy atom. The highest BCUT2D eigenvalue weighted by Gasteiger charge is 2.20. The zero-order valence-electron chi connectivity index (χ0n) is 16.2. The Morgan fingerprint density at radius 1 is 1.18 bits per heavy atom. The first kappa shape index (κ1) is 18.4. The van der Waals surface area contributed by atoms with Gasteiger partial charge in [0.2, 0.25) is 5.95 Å². The smallest absolute Gasteiger partial charge is 0.223 e. The highest BCUT2D eigenvalue weighted by molar-refractivity contribution is 5.86. The molecule has 0 spiro atoms. The van der Waals surface area contributed by atoms with E-state index in [2.05, 4.69) is 43.6 Å². The molecule has 7 heteroatoms. The first-order valence-corrected chi connectivity index (χ1v) is 9.34. The SMILES string of the molecule is C[C@@H]1C=C(c2ccc3nccnc3c2)c2cnc(NCC(C)(C)F)nc2CN1. The van der Waals surface area contributed by atoms with Crippen LogP contribution in [0.5, 0.6) is 0 Å². The monoisotopic (exact) mass is 378 g/mol. The Bertz CT molecular complexity index is 1040. The fraction of sp³-hybridized carbons (Fsp3) is 0.333. The molecule has 144 valence electrons. The molecule has 0 radical (unpaired) electrons. The number of benzene rings is 1. The molecule has 3 aromatic rings. The van der Waals surface area contributed by atoms with E-state index in [-0.39, 0.29) is 12.6 Å². The molecule has 4 rings (SSSR count). The van der Waals surface area contributed by atoms with Gasteiger partial charge in [0.1, 0.15) is 5.67 Å². The van der Waals surface area contributed by atoms with Gasteiger partial charge in [0, 0.05) is 36.7 Å². The van der Waals surface area contributed by atoms with E-state index < -0.39 is 5.67 Å². The molecule has 2 aromatic heterocycles. The predicted octanol–water partition coefficient (Wildman–Crippen LogP) is 3.50. The largest absolute Gasteiger partial charge is 0.351 e. The van der Waals surface area contributed by atoms with Crippen molar-refractivity contribution in [3.05, 3.63) is 59.7 Å². The lowest BCUT2D eigenvalue weighted by Crippen LogP contribution is -2.26. The molecule has 0 unspecified atom stereocenters. The van der Waals surface area contributed by atoms with Gasteiger partial charge in [0.25, 0.3) is 0 Å². The van der Waals surface area contributed by atoms with Crippen molar-refractivity contribution >= 4 is 22.6 Å². The minimum absolute atomic E-state index is 0.154. The summed E-state index contributed by atoms with van der Waals surface area (Å²) in [5.41, 5.74) is 4.30. The van der Waals surface area contributed by atoms with E-state index in [1.165, 1.54) is 13.8 Å². The highest BCUT2D eigenvalue weighted by atomic mass is 19.1. The maximum absolute atomic E-state index is 13.8. The quantitative estimate of drug-likeness (QED) is 0.724.